The van der Waals surface area contributed by atoms with Crippen LogP contribution >= 0.6 is 11.6 Å². The third-order valence-corrected chi connectivity index (χ3v) is 13.5. The summed E-state index contributed by atoms with van der Waals surface area (Å²) in [4.78, 5) is 14.8. The van der Waals surface area contributed by atoms with E-state index in [9.17, 15) is 5.11 Å². The van der Waals surface area contributed by atoms with Crippen molar-refractivity contribution >= 4 is 22.5 Å². The van der Waals surface area contributed by atoms with Crippen molar-refractivity contribution in [3.8, 4) is 62.1 Å². The highest BCUT2D eigenvalue weighted by Crippen LogP contribution is 2.51. The molecule has 8 aromatic rings. The van der Waals surface area contributed by atoms with Crippen molar-refractivity contribution in [1.82, 2.24) is 15.0 Å². The Morgan fingerprint density at radius 3 is 2.02 bits per heavy atom. The Bertz CT molecular complexity index is 2850. The number of quaternary nitrogens is 1. The van der Waals surface area contributed by atoms with E-state index in [4.69, 9.17) is 36.0 Å². The maximum atomic E-state index is 13.2. The van der Waals surface area contributed by atoms with E-state index in [1.54, 1.807) is 19.2 Å². The van der Waals surface area contributed by atoms with Crippen LogP contribution in [0.5, 0.6) is 17.4 Å². The van der Waals surface area contributed by atoms with E-state index in [-0.39, 0.29) is 11.8 Å². The van der Waals surface area contributed by atoms with Gasteiger partial charge in [0.15, 0.2) is 11.9 Å². The largest absolute Gasteiger partial charge is 0.872 e. The quantitative estimate of drug-likeness (QED) is 0.0692. The summed E-state index contributed by atoms with van der Waals surface area (Å²) in [7, 11) is 1.76. The zero-order chi connectivity index (χ0) is 42.9. The molecule has 7 nitrogen and oxygen atoms in total. The first kappa shape index (κ1) is 40.3. The lowest BCUT2D eigenvalue weighted by molar-refractivity contribution is -0.984. The molecule has 11 rings (SSSR count). The maximum absolute atomic E-state index is 13.2. The van der Waals surface area contributed by atoms with Crippen LogP contribution in [0.2, 0.25) is 5.15 Å². The van der Waals surface area contributed by atoms with Crippen LogP contribution in [-0.4, -0.2) is 45.7 Å². The molecule has 2 bridgehead atoms. The minimum absolute atomic E-state index is 0.0687. The smallest absolute Gasteiger partial charge is 0.227 e. The summed E-state index contributed by atoms with van der Waals surface area (Å²) in [6.07, 6.45) is 5.36. The summed E-state index contributed by atoms with van der Waals surface area (Å²) >= 11 is 7.23. The fraction of sp³-hybridized carbons (Fsp3) is 0.182. The molecule has 312 valence electrons. The lowest BCUT2D eigenvalue weighted by Crippen LogP contribution is -2.68. The molecule has 3 fully saturated rings. The van der Waals surface area contributed by atoms with Gasteiger partial charge in [-0.15, -0.1) is 12.3 Å². The van der Waals surface area contributed by atoms with Crippen molar-refractivity contribution < 1.29 is 19.1 Å². The zero-order valence-electron chi connectivity index (χ0n) is 35.1. The molecule has 5 heterocycles. The molecule has 3 aliphatic heterocycles. The van der Waals surface area contributed by atoms with Crippen molar-refractivity contribution in [2.24, 2.45) is 11.8 Å². The van der Waals surface area contributed by atoms with E-state index in [0.717, 1.165) is 92.6 Å². The van der Waals surface area contributed by atoms with Crippen LogP contribution in [0.3, 0.4) is 0 Å². The Hall–Kier alpha value is -6.80. The predicted molar refractivity (Wildman–Crippen MR) is 250 cm³/mol. The zero-order valence-corrected chi connectivity index (χ0v) is 35.9. The van der Waals surface area contributed by atoms with Crippen molar-refractivity contribution in [1.29, 1.82) is 0 Å². The molecule has 0 amide bonds. The third-order valence-electron chi connectivity index (χ3n) is 13.3. The lowest BCUT2D eigenvalue weighted by atomic mass is 9.71. The van der Waals surface area contributed by atoms with Crippen molar-refractivity contribution in [3.05, 3.63) is 193 Å². The minimum atomic E-state index is -0.566. The molecule has 0 radical (unpaired) electrons. The van der Waals surface area contributed by atoms with Gasteiger partial charge in [-0.1, -0.05) is 151 Å². The van der Waals surface area contributed by atoms with Crippen LogP contribution in [0.4, 0.5) is 0 Å². The fourth-order valence-electron chi connectivity index (χ4n) is 10.3. The Morgan fingerprint density at radius 1 is 0.778 bits per heavy atom. The van der Waals surface area contributed by atoms with Crippen molar-refractivity contribution in [3.63, 3.8) is 0 Å². The number of ether oxygens (including phenoxy) is 2. The van der Waals surface area contributed by atoms with E-state index in [1.807, 2.05) is 91.1 Å². The van der Waals surface area contributed by atoms with Gasteiger partial charge < -0.3 is 19.1 Å². The molecule has 0 N–H and O–H groups in total. The third kappa shape index (κ3) is 7.73. The summed E-state index contributed by atoms with van der Waals surface area (Å²) in [5.41, 5.74) is 9.38. The van der Waals surface area contributed by atoms with Gasteiger partial charge >= 0.3 is 0 Å². The molecule has 0 spiro atoms. The van der Waals surface area contributed by atoms with Gasteiger partial charge in [0, 0.05) is 58.2 Å². The monoisotopic (exact) mass is 846 g/mol. The van der Waals surface area contributed by atoms with Crippen LogP contribution in [0.25, 0.3) is 55.7 Å². The topological polar surface area (TPSA) is 80.2 Å². The van der Waals surface area contributed by atoms with Crippen LogP contribution in [-0.2, 0) is 6.54 Å². The Balaban J connectivity index is 1.18. The Kier molecular flexibility index (Phi) is 11.0. The van der Waals surface area contributed by atoms with Gasteiger partial charge in [0.05, 0.1) is 31.3 Å². The second-order valence-electron chi connectivity index (χ2n) is 16.9. The van der Waals surface area contributed by atoms with E-state index < -0.39 is 6.10 Å². The number of fused-ring (bicyclic) bond motifs is 4. The highest BCUT2D eigenvalue weighted by molar-refractivity contribution is 6.32. The number of benzene rings is 6. The van der Waals surface area contributed by atoms with Gasteiger partial charge in [0.25, 0.3) is 0 Å². The summed E-state index contributed by atoms with van der Waals surface area (Å²) in [5, 5.41) is 14.3. The van der Waals surface area contributed by atoms with E-state index in [1.165, 1.54) is 5.56 Å². The van der Waals surface area contributed by atoms with Gasteiger partial charge in [-0.05, 0) is 46.9 Å². The number of piperidine rings is 3. The number of pyridine rings is 1. The van der Waals surface area contributed by atoms with Gasteiger partial charge in [0.1, 0.15) is 23.5 Å². The first-order chi connectivity index (χ1) is 30.9. The maximum Gasteiger partial charge on any atom is 0.227 e. The van der Waals surface area contributed by atoms with Crippen molar-refractivity contribution in [2.45, 2.75) is 31.5 Å². The highest BCUT2D eigenvalue weighted by atomic mass is 35.5. The number of aromatic nitrogens is 3. The molecule has 8 heteroatoms. The summed E-state index contributed by atoms with van der Waals surface area (Å²) in [6, 6.07) is 52.5. The van der Waals surface area contributed by atoms with Crippen LogP contribution in [0.15, 0.2) is 177 Å². The molecular formula is C55H47ClN4O3. The normalized spacial score (nSPS) is 19.7. The molecule has 3 aliphatic rings. The SMILES string of the molecule is C=CC1C[N+]2(Cc3cc(-c4ccccc4)c(OC)c(-c4ccccc4)c3)CCC1CC2[C@@H](Oc1nc(-c2ccccc2)nc(Cl)c1-c1ccccc1)c1ccnc2ccc([O-])cc12. The summed E-state index contributed by atoms with van der Waals surface area (Å²) in [6.45, 7) is 6.93. The van der Waals surface area contributed by atoms with Crippen molar-refractivity contribution in [2.75, 3.05) is 20.2 Å². The number of methoxy groups -OCH3 is 1. The molecule has 63 heavy (non-hydrogen) atoms. The number of rotatable bonds is 12. The first-order valence-corrected chi connectivity index (χ1v) is 22.0. The average molecular weight is 847 g/mol. The van der Waals surface area contributed by atoms with Crippen LogP contribution in [0, 0.1) is 11.8 Å². The second-order valence-corrected chi connectivity index (χ2v) is 17.2. The second kappa shape index (κ2) is 17.2. The number of hydrogen-bond donors (Lipinski definition) is 0. The molecule has 0 saturated carbocycles. The fourth-order valence-corrected chi connectivity index (χ4v) is 10.6. The van der Waals surface area contributed by atoms with E-state index in [0.29, 0.717) is 34.3 Å². The molecule has 2 aromatic heterocycles. The lowest BCUT2D eigenvalue weighted by Gasteiger charge is -2.58. The summed E-state index contributed by atoms with van der Waals surface area (Å²) < 4.78 is 14.6. The Morgan fingerprint density at radius 2 is 1.40 bits per heavy atom. The summed E-state index contributed by atoms with van der Waals surface area (Å²) in [5.74, 6) is 2.33. The molecule has 4 unspecified atom stereocenters. The molecular weight excluding hydrogens is 800 g/mol. The van der Waals surface area contributed by atoms with Gasteiger partial charge in [-0.2, -0.15) is 4.98 Å². The average Bonchev–Trinajstić information content (AvgIpc) is 3.33. The van der Waals surface area contributed by atoms with Gasteiger partial charge in [-0.25, -0.2) is 4.98 Å². The molecule has 6 aromatic carbocycles. The van der Waals surface area contributed by atoms with E-state index in [2.05, 4.69) is 73.3 Å². The molecule has 0 aliphatic carbocycles. The molecule has 5 atom stereocenters. The van der Waals surface area contributed by atoms with E-state index >= 15 is 0 Å². The van der Waals surface area contributed by atoms with Crippen LogP contribution in [0.1, 0.15) is 30.1 Å². The Labute approximate surface area is 373 Å². The highest BCUT2D eigenvalue weighted by Gasteiger charge is 2.55. The van der Waals surface area contributed by atoms with Gasteiger partial charge in [0.2, 0.25) is 5.88 Å². The predicted octanol–water partition coefficient (Wildman–Crippen LogP) is 12.2. The van der Waals surface area contributed by atoms with Gasteiger partial charge in [-0.3, -0.25) is 4.98 Å². The molecule has 3 saturated heterocycles. The standard InChI is InChI=1S/C55H47ClN4O3/c1-3-37-35-60(34-36-30-45(38-16-8-4-9-17-38)51(62-2)46(31-36)39-18-10-5-11-19-39)29-27-42(37)32-49(60)52(44-26-28-57-48-25-24-43(61)33-47(44)48)63-55-50(40-20-12-6-13-21-40)53(56)58-54(59-55)41-22-14-7-15-23-41/h3-26,28,30-31,33,37,42,49,52H,1,27,29,32,34-35H2,2H3/t37?,42?,49?,52-,60?/m0/s1. The first-order valence-electron chi connectivity index (χ1n) is 21.6. The number of hydrogen-bond acceptors (Lipinski definition) is 6. The minimum Gasteiger partial charge on any atom is -0.872 e. The van der Waals surface area contributed by atoms with Crippen LogP contribution < -0.4 is 14.6 Å². The number of halogens is 1. The number of nitrogens with zero attached hydrogens (tertiary/aromatic N) is 4.